The lowest BCUT2D eigenvalue weighted by Crippen LogP contribution is -2.47. The molecule has 1 aromatic heterocycles. The fraction of sp³-hybridized carbons (Fsp3) is 0.381. The van der Waals surface area contributed by atoms with E-state index < -0.39 is 0 Å². The first-order chi connectivity index (χ1) is 13.1. The van der Waals surface area contributed by atoms with Crippen LogP contribution in [0.5, 0.6) is 0 Å². The highest BCUT2D eigenvalue weighted by Crippen LogP contribution is 2.41. The van der Waals surface area contributed by atoms with Gasteiger partial charge in [-0.2, -0.15) is 0 Å². The molecule has 5 rings (SSSR count). The third kappa shape index (κ3) is 2.47. The summed E-state index contributed by atoms with van der Waals surface area (Å²) in [4.78, 5) is 17.5. The smallest absolute Gasteiger partial charge is 0.245 e. The number of hydrogen-bond donors (Lipinski definition) is 0. The third-order valence-corrected chi connectivity index (χ3v) is 5.92. The van der Waals surface area contributed by atoms with Crippen LogP contribution < -0.4 is 4.90 Å². The average molecular weight is 361 g/mol. The van der Waals surface area contributed by atoms with E-state index in [-0.39, 0.29) is 24.3 Å². The lowest BCUT2D eigenvalue weighted by Gasteiger charge is -2.40. The first-order valence-corrected chi connectivity index (χ1v) is 9.62. The minimum atomic E-state index is -0.176. The second-order valence-corrected chi connectivity index (χ2v) is 7.58. The lowest BCUT2D eigenvalue weighted by atomic mass is 10.0. The number of nitrogens with zero attached hydrogens (tertiary/aromatic N) is 5. The minimum Gasteiger partial charge on any atom is -0.295 e. The van der Waals surface area contributed by atoms with Crippen molar-refractivity contribution in [3.8, 4) is 0 Å². The maximum absolute atomic E-state index is 13.2. The first kappa shape index (κ1) is 16.4. The normalized spacial score (nSPS) is 25.9. The van der Waals surface area contributed by atoms with Gasteiger partial charge in [0.1, 0.15) is 11.7 Å². The molecule has 0 bridgehead atoms. The molecule has 2 fully saturated rings. The fourth-order valence-corrected chi connectivity index (χ4v) is 4.59. The average Bonchev–Trinajstić information content (AvgIpc) is 3.23. The van der Waals surface area contributed by atoms with Crippen LogP contribution in [-0.4, -0.2) is 38.0 Å². The third-order valence-electron chi connectivity index (χ3n) is 5.92. The van der Waals surface area contributed by atoms with Gasteiger partial charge in [-0.1, -0.05) is 35.0 Å². The van der Waals surface area contributed by atoms with Crippen LogP contribution >= 0.6 is 0 Å². The van der Waals surface area contributed by atoms with Gasteiger partial charge in [0.05, 0.1) is 17.7 Å². The number of hydrogen-bond acceptors (Lipinski definition) is 4. The van der Waals surface area contributed by atoms with E-state index in [1.807, 2.05) is 34.7 Å². The van der Waals surface area contributed by atoms with Gasteiger partial charge >= 0.3 is 0 Å². The van der Waals surface area contributed by atoms with E-state index in [9.17, 15) is 4.79 Å². The minimum absolute atomic E-state index is 0.0468. The molecule has 6 nitrogen and oxygen atoms in total. The molecule has 3 heterocycles. The molecule has 2 aliphatic heterocycles. The van der Waals surface area contributed by atoms with E-state index in [0.29, 0.717) is 0 Å². The van der Waals surface area contributed by atoms with Crippen molar-refractivity contribution in [3.05, 3.63) is 54.1 Å². The SMILES string of the molecule is Cc1ccc(N2C(=O)[C@H](C)N3C(n4nnc5ccccc54)CCC[C@@H]23)cc1. The van der Waals surface area contributed by atoms with Crippen LogP contribution in [0.3, 0.4) is 0 Å². The molecule has 138 valence electrons. The number of aromatic nitrogens is 3. The van der Waals surface area contributed by atoms with Crippen molar-refractivity contribution in [2.45, 2.75) is 51.5 Å². The van der Waals surface area contributed by atoms with Crippen LogP contribution in [0.1, 0.15) is 37.9 Å². The molecular formula is C21H23N5O. The highest BCUT2D eigenvalue weighted by atomic mass is 16.2. The Balaban J connectivity index is 1.56. The second-order valence-electron chi connectivity index (χ2n) is 7.58. The van der Waals surface area contributed by atoms with E-state index >= 15 is 0 Å². The molecule has 0 N–H and O–H groups in total. The van der Waals surface area contributed by atoms with E-state index in [1.54, 1.807) is 0 Å². The van der Waals surface area contributed by atoms with Crippen molar-refractivity contribution in [2.75, 3.05) is 4.90 Å². The number of amides is 1. The summed E-state index contributed by atoms with van der Waals surface area (Å²) in [5.41, 5.74) is 4.10. The van der Waals surface area contributed by atoms with Crippen molar-refractivity contribution in [1.82, 2.24) is 19.9 Å². The largest absolute Gasteiger partial charge is 0.295 e. The molecule has 0 aliphatic carbocycles. The number of carbonyl (C=O) groups is 1. The molecule has 27 heavy (non-hydrogen) atoms. The Morgan fingerprint density at radius 2 is 1.74 bits per heavy atom. The Morgan fingerprint density at radius 1 is 1.00 bits per heavy atom. The molecule has 0 saturated carbocycles. The predicted octanol–water partition coefficient (Wildman–Crippen LogP) is 3.49. The number of aryl methyl sites for hydroxylation is 1. The molecule has 0 radical (unpaired) electrons. The molecule has 2 saturated heterocycles. The monoisotopic (exact) mass is 361 g/mol. The number of piperidine rings is 1. The summed E-state index contributed by atoms with van der Waals surface area (Å²) in [5, 5.41) is 8.77. The molecule has 2 aliphatic rings. The van der Waals surface area contributed by atoms with Crippen molar-refractivity contribution >= 4 is 22.6 Å². The zero-order chi connectivity index (χ0) is 18.5. The highest BCUT2D eigenvalue weighted by molar-refractivity contribution is 5.99. The number of carbonyl (C=O) groups excluding carboxylic acids is 1. The van der Waals surface area contributed by atoms with Gasteiger partial charge in [0.15, 0.2) is 0 Å². The van der Waals surface area contributed by atoms with E-state index in [4.69, 9.17) is 0 Å². The molecule has 0 spiro atoms. The molecule has 2 aromatic carbocycles. The summed E-state index contributed by atoms with van der Waals surface area (Å²) < 4.78 is 2.00. The number of para-hydroxylation sites is 1. The Kier molecular flexibility index (Phi) is 3.75. The number of anilines is 1. The first-order valence-electron chi connectivity index (χ1n) is 9.62. The Labute approximate surface area is 158 Å². The van der Waals surface area contributed by atoms with Gasteiger partial charge in [-0.05, 0) is 57.4 Å². The Morgan fingerprint density at radius 3 is 2.56 bits per heavy atom. The summed E-state index contributed by atoms with van der Waals surface area (Å²) in [6.45, 7) is 4.08. The van der Waals surface area contributed by atoms with E-state index in [1.165, 1.54) is 5.56 Å². The summed E-state index contributed by atoms with van der Waals surface area (Å²) >= 11 is 0. The maximum atomic E-state index is 13.2. The number of benzene rings is 2. The molecular weight excluding hydrogens is 338 g/mol. The molecule has 1 unspecified atom stereocenters. The van der Waals surface area contributed by atoms with Gasteiger partial charge < -0.3 is 0 Å². The van der Waals surface area contributed by atoms with Gasteiger partial charge in [0, 0.05) is 5.69 Å². The van der Waals surface area contributed by atoms with Crippen LogP contribution in [0.15, 0.2) is 48.5 Å². The van der Waals surface area contributed by atoms with E-state index in [2.05, 4.69) is 52.5 Å². The van der Waals surface area contributed by atoms with E-state index in [0.717, 1.165) is 36.0 Å². The zero-order valence-electron chi connectivity index (χ0n) is 15.6. The Bertz CT molecular complexity index is 995. The zero-order valence-corrected chi connectivity index (χ0v) is 15.6. The van der Waals surface area contributed by atoms with Crippen molar-refractivity contribution < 1.29 is 4.79 Å². The van der Waals surface area contributed by atoms with Gasteiger partial charge in [-0.15, -0.1) is 5.10 Å². The summed E-state index contributed by atoms with van der Waals surface area (Å²) in [5.74, 6) is 0.167. The topological polar surface area (TPSA) is 54.3 Å². The molecule has 6 heteroatoms. The maximum Gasteiger partial charge on any atom is 0.245 e. The highest BCUT2D eigenvalue weighted by Gasteiger charge is 2.49. The van der Waals surface area contributed by atoms with Gasteiger partial charge in [0.25, 0.3) is 0 Å². The van der Waals surface area contributed by atoms with Crippen LogP contribution in [0.2, 0.25) is 0 Å². The standard InChI is InChI=1S/C21H23N5O/c1-14-10-12-16(13-11-14)25-19-8-5-9-20(24(19)15(2)21(25)27)26-18-7-4-3-6-17(18)22-23-26/h3-4,6-7,10-13,15,19-20H,5,8-9H2,1-2H3/t15-,19+,20?/m0/s1. The molecule has 3 aromatic rings. The quantitative estimate of drug-likeness (QED) is 0.701. The fourth-order valence-electron chi connectivity index (χ4n) is 4.59. The van der Waals surface area contributed by atoms with Crippen molar-refractivity contribution in [3.63, 3.8) is 0 Å². The number of fused-ring (bicyclic) bond motifs is 2. The van der Waals surface area contributed by atoms with Crippen LogP contribution in [-0.2, 0) is 4.79 Å². The lowest BCUT2D eigenvalue weighted by molar-refractivity contribution is -0.120. The van der Waals surface area contributed by atoms with Gasteiger partial charge in [-0.3, -0.25) is 9.69 Å². The summed E-state index contributed by atoms with van der Waals surface area (Å²) in [7, 11) is 0. The molecule has 1 amide bonds. The van der Waals surface area contributed by atoms with Crippen LogP contribution in [0.4, 0.5) is 5.69 Å². The Hall–Kier alpha value is -2.73. The summed E-state index contributed by atoms with van der Waals surface area (Å²) in [6, 6.07) is 16.1. The van der Waals surface area contributed by atoms with Crippen molar-refractivity contribution in [2.24, 2.45) is 0 Å². The van der Waals surface area contributed by atoms with Crippen LogP contribution in [0.25, 0.3) is 11.0 Å². The van der Waals surface area contributed by atoms with Crippen LogP contribution in [0, 0.1) is 6.92 Å². The second kappa shape index (κ2) is 6.16. The molecule has 3 atom stereocenters. The van der Waals surface area contributed by atoms with Gasteiger partial charge in [-0.25, -0.2) is 9.58 Å². The number of rotatable bonds is 2. The predicted molar refractivity (Wildman–Crippen MR) is 104 cm³/mol. The van der Waals surface area contributed by atoms with Crippen molar-refractivity contribution in [1.29, 1.82) is 0 Å². The van der Waals surface area contributed by atoms with Gasteiger partial charge in [0.2, 0.25) is 5.91 Å². The summed E-state index contributed by atoms with van der Waals surface area (Å²) in [6.07, 6.45) is 3.13.